The van der Waals surface area contributed by atoms with Gasteiger partial charge in [0.25, 0.3) is 0 Å². The average Bonchev–Trinajstić information content (AvgIpc) is 2.91. The van der Waals surface area contributed by atoms with E-state index in [4.69, 9.17) is 5.73 Å². The van der Waals surface area contributed by atoms with Gasteiger partial charge in [-0.15, -0.1) is 0 Å². The van der Waals surface area contributed by atoms with Crippen LogP contribution in [0.4, 0.5) is 11.9 Å². The van der Waals surface area contributed by atoms with Gasteiger partial charge in [0.1, 0.15) is 6.33 Å². The Morgan fingerprint density at radius 3 is 2.80 bits per heavy atom. The van der Waals surface area contributed by atoms with Gasteiger partial charge in [-0.1, -0.05) is 0 Å². The minimum Gasteiger partial charge on any atom is -0.368 e. The first-order chi connectivity index (χ1) is 9.56. The predicted octanol–water partition coefficient (Wildman–Crippen LogP) is 0.392. The maximum absolute atomic E-state index is 5.70. The summed E-state index contributed by atoms with van der Waals surface area (Å²) < 4.78 is 1.68. The summed E-state index contributed by atoms with van der Waals surface area (Å²) in [6, 6.07) is 0.502. The third-order valence-corrected chi connectivity index (χ3v) is 3.01. The van der Waals surface area contributed by atoms with E-state index in [9.17, 15) is 0 Å². The molecule has 0 atom stereocenters. The molecular weight excluding hydrogens is 256 g/mol. The Morgan fingerprint density at radius 1 is 1.35 bits per heavy atom. The van der Waals surface area contributed by atoms with Crippen LogP contribution in [0, 0.1) is 0 Å². The number of anilines is 2. The van der Waals surface area contributed by atoms with Gasteiger partial charge < -0.3 is 16.0 Å². The van der Waals surface area contributed by atoms with Crippen molar-refractivity contribution in [2.24, 2.45) is 0 Å². The summed E-state index contributed by atoms with van der Waals surface area (Å²) in [5, 5.41) is 3.16. The maximum atomic E-state index is 5.70. The zero-order valence-electron chi connectivity index (χ0n) is 12.0. The second kappa shape index (κ2) is 6.29. The third kappa shape index (κ3) is 3.64. The largest absolute Gasteiger partial charge is 0.368 e. The highest BCUT2D eigenvalue weighted by molar-refractivity contribution is 5.35. The summed E-state index contributed by atoms with van der Waals surface area (Å²) >= 11 is 0. The van der Waals surface area contributed by atoms with E-state index in [-0.39, 0.29) is 5.95 Å². The zero-order valence-corrected chi connectivity index (χ0v) is 12.0. The van der Waals surface area contributed by atoms with Crippen LogP contribution in [0.3, 0.4) is 0 Å². The van der Waals surface area contributed by atoms with Gasteiger partial charge in [-0.05, 0) is 20.9 Å². The molecule has 0 aliphatic heterocycles. The molecule has 8 nitrogen and oxygen atoms in total. The van der Waals surface area contributed by atoms with Crippen LogP contribution >= 0.6 is 0 Å². The Bertz CT molecular complexity index is 536. The third-order valence-electron chi connectivity index (χ3n) is 3.01. The highest BCUT2D eigenvalue weighted by atomic mass is 15.3. The van der Waals surface area contributed by atoms with E-state index in [1.54, 1.807) is 23.3 Å². The monoisotopic (exact) mass is 276 g/mol. The standard InChI is InChI=1S/C12H20N8/c1-9(2)19(3)6-5-15-11-16-10(13)17-12(18-11)20-7-4-14-8-20/h4,7-9H,5-6H2,1-3H3,(H3,13,15,16,17,18). The van der Waals surface area contributed by atoms with E-state index < -0.39 is 0 Å². The molecule has 108 valence electrons. The molecule has 0 bridgehead atoms. The smallest absolute Gasteiger partial charge is 0.241 e. The number of imidazole rings is 1. The van der Waals surface area contributed by atoms with Gasteiger partial charge in [0.15, 0.2) is 0 Å². The summed E-state index contributed by atoms with van der Waals surface area (Å²) in [6.45, 7) is 5.93. The molecule has 0 saturated carbocycles. The van der Waals surface area contributed by atoms with Crippen molar-refractivity contribution >= 4 is 11.9 Å². The van der Waals surface area contributed by atoms with E-state index in [2.05, 4.69) is 51.0 Å². The fourth-order valence-corrected chi connectivity index (χ4v) is 1.55. The molecule has 0 saturated heterocycles. The molecule has 2 rings (SSSR count). The van der Waals surface area contributed by atoms with Crippen molar-refractivity contribution in [1.29, 1.82) is 0 Å². The number of nitrogens with two attached hydrogens (primary N) is 1. The topological polar surface area (TPSA) is 97.8 Å². The van der Waals surface area contributed by atoms with E-state index >= 15 is 0 Å². The van der Waals surface area contributed by atoms with Crippen molar-refractivity contribution in [3.63, 3.8) is 0 Å². The highest BCUT2D eigenvalue weighted by Crippen LogP contribution is 2.06. The number of likely N-dealkylation sites (N-methyl/N-ethyl adjacent to an activating group) is 1. The second-order valence-electron chi connectivity index (χ2n) is 4.79. The van der Waals surface area contributed by atoms with Gasteiger partial charge in [0.2, 0.25) is 17.8 Å². The fraction of sp³-hybridized carbons (Fsp3) is 0.500. The van der Waals surface area contributed by atoms with E-state index in [1.807, 2.05) is 0 Å². The molecule has 8 heteroatoms. The second-order valence-corrected chi connectivity index (χ2v) is 4.79. The van der Waals surface area contributed by atoms with Gasteiger partial charge in [0.05, 0.1) is 0 Å². The molecule has 0 fully saturated rings. The molecule has 0 amide bonds. The molecule has 2 heterocycles. The molecule has 0 aliphatic rings. The lowest BCUT2D eigenvalue weighted by molar-refractivity contribution is 0.284. The van der Waals surface area contributed by atoms with Gasteiger partial charge in [0, 0.05) is 31.5 Å². The van der Waals surface area contributed by atoms with Crippen molar-refractivity contribution in [3.8, 4) is 5.95 Å². The van der Waals surface area contributed by atoms with Crippen LogP contribution in [0.2, 0.25) is 0 Å². The van der Waals surface area contributed by atoms with Gasteiger partial charge >= 0.3 is 0 Å². The van der Waals surface area contributed by atoms with Crippen LogP contribution in [0.15, 0.2) is 18.7 Å². The minimum absolute atomic E-state index is 0.184. The lowest BCUT2D eigenvalue weighted by Crippen LogP contribution is -2.31. The first kappa shape index (κ1) is 14.2. The summed E-state index contributed by atoms with van der Waals surface area (Å²) in [5.74, 6) is 1.11. The predicted molar refractivity (Wildman–Crippen MR) is 77.6 cm³/mol. The Balaban J connectivity index is 2.02. The van der Waals surface area contributed by atoms with E-state index in [0.717, 1.165) is 13.1 Å². The molecule has 0 aliphatic carbocycles. The van der Waals surface area contributed by atoms with Crippen LogP contribution in [0.25, 0.3) is 5.95 Å². The number of aromatic nitrogens is 5. The Kier molecular flexibility index (Phi) is 4.46. The highest BCUT2D eigenvalue weighted by Gasteiger charge is 2.07. The minimum atomic E-state index is 0.184. The summed E-state index contributed by atoms with van der Waals surface area (Å²) in [7, 11) is 2.07. The number of nitrogen functional groups attached to an aromatic ring is 1. The lowest BCUT2D eigenvalue weighted by Gasteiger charge is -2.20. The summed E-state index contributed by atoms with van der Waals surface area (Å²) in [6.07, 6.45) is 5.03. The Hall–Kier alpha value is -2.22. The normalized spacial score (nSPS) is 11.2. The summed E-state index contributed by atoms with van der Waals surface area (Å²) in [5.41, 5.74) is 5.70. The van der Waals surface area contributed by atoms with Crippen molar-refractivity contribution in [3.05, 3.63) is 18.7 Å². The first-order valence-electron chi connectivity index (χ1n) is 6.50. The maximum Gasteiger partial charge on any atom is 0.241 e. The molecule has 0 radical (unpaired) electrons. The molecule has 0 spiro atoms. The van der Waals surface area contributed by atoms with Crippen LogP contribution < -0.4 is 11.1 Å². The molecule has 2 aromatic heterocycles. The zero-order chi connectivity index (χ0) is 14.5. The number of rotatable bonds is 6. The number of hydrogen-bond donors (Lipinski definition) is 2. The molecule has 0 aromatic carbocycles. The van der Waals surface area contributed by atoms with E-state index in [0.29, 0.717) is 17.9 Å². The average molecular weight is 276 g/mol. The Labute approximate surface area is 118 Å². The van der Waals surface area contributed by atoms with Crippen molar-refractivity contribution in [2.75, 3.05) is 31.2 Å². The quantitative estimate of drug-likeness (QED) is 0.787. The van der Waals surface area contributed by atoms with Gasteiger partial charge in [-0.25, -0.2) is 4.98 Å². The molecule has 3 N–H and O–H groups in total. The molecule has 0 unspecified atom stereocenters. The van der Waals surface area contributed by atoms with Crippen molar-refractivity contribution < 1.29 is 0 Å². The molecular formula is C12H20N8. The molecule has 20 heavy (non-hydrogen) atoms. The fourth-order valence-electron chi connectivity index (χ4n) is 1.55. The molecule has 2 aromatic rings. The number of hydrogen-bond acceptors (Lipinski definition) is 7. The summed E-state index contributed by atoms with van der Waals surface area (Å²) in [4.78, 5) is 18.7. The van der Waals surface area contributed by atoms with Crippen molar-refractivity contribution in [2.45, 2.75) is 19.9 Å². The number of nitrogens with zero attached hydrogens (tertiary/aromatic N) is 6. The van der Waals surface area contributed by atoms with Crippen LogP contribution in [-0.2, 0) is 0 Å². The van der Waals surface area contributed by atoms with E-state index in [1.165, 1.54) is 0 Å². The van der Waals surface area contributed by atoms with Crippen LogP contribution in [-0.4, -0.2) is 55.6 Å². The Morgan fingerprint density at radius 2 is 2.15 bits per heavy atom. The van der Waals surface area contributed by atoms with Crippen LogP contribution in [0.5, 0.6) is 0 Å². The van der Waals surface area contributed by atoms with Crippen LogP contribution in [0.1, 0.15) is 13.8 Å². The first-order valence-corrected chi connectivity index (χ1v) is 6.50. The van der Waals surface area contributed by atoms with Gasteiger partial charge in [-0.2, -0.15) is 15.0 Å². The SMILES string of the molecule is CC(C)N(C)CCNc1nc(N)nc(-n2ccnc2)n1. The van der Waals surface area contributed by atoms with Gasteiger partial charge in [-0.3, -0.25) is 4.57 Å². The lowest BCUT2D eigenvalue weighted by atomic mass is 10.3. The van der Waals surface area contributed by atoms with Crippen molar-refractivity contribution in [1.82, 2.24) is 29.4 Å². The number of nitrogens with one attached hydrogen (secondary N) is 1.